The van der Waals surface area contributed by atoms with Crippen molar-refractivity contribution in [2.75, 3.05) is 7.11 Å². The monoisotopic (exact) mass is 380 g/mol. The van der Waals surface area contributed by atoms with Crippen LogP contribution in [0.25, 0.3) is 0 Å². The number of methoxy groups -OCH3 is 1. The lowest BCUT2D eigenvalue weighted by Crippen LogP contribution is -2.15. The Morgan fingerprint density at radius 1 is 1.35 bits per heavy atom. The summed E-state index contributed by atoms with van der Waals surface area (Å²) < 4.78 is 4.64. The second-order valence-corrected chi connectivity index (χ2v) is 7.67. The fourth-order valence-corrected chi connectivity index (χ4v) is 4.05. The molecule has 1 saturated carbocycles. The molecule has 4 nitrogen and oxygen atoms in total. The van der Waals surface area contributed by atoms with Crippen LogP contribution in [0.4, 0.5) is 0 Å². The molecule has 0 radical (unpaired) electrons. The third-order valence-electron chi connectivity index (χ3n) is 5.39. The maximum Gasteiger partial charge on any atom is 0.305 e. The minimum atomic E-state index is -0.456. The molecule has 0 bridgehead atoms. The van der Waals surface area contributed by atoms with E-state index < -0.39 is 6.10 Å². The van der Waals surface area contributed by atoms with Gasteiger partial charge >= 0.3 is 5.97 Å². The van der Waals surface area contributed by atoms with E-state index >= 15 is 0 Å². The largest absolute Gasteiger partial charge is 0.469 e. The van der Waals surface area contributed by atoms with Gasteiger partial charge in [-0.05, 0) is 44.9 Å². The fraction of sp³-hybridized carbons (Fsp3) is 0.619. The number of esters is 1. The first kappa shape index (κ1) is 20.9. The molecule has 0 aromatic heterocycles. The van der Waals surface area contributed by atoms with Crippen molar-refractivity contribution in [1.29, 1.82) is 0 Å². The van der Waals surface area contributed by atoms with Crippen molar-refractivity contribution in [3.63, 3.8) is 0 Å². The lowest BCUT2D eigenvalue weighted by atomic mass is 9.92. The number of carbonyl (C=O) groups excluding carboxylic acids is 2. The molecule has 2 rings (SSSR count). The predicted octanol–water partition coefficient (Wildman–Crippen LogP) is 4.47. The van der Waals surface area contributed by atoms with Gasteiger partial charge < -0.3 is 9.84 Å². The van der Waals surface area contributed by atoms with Gasteiger partial charge in [0.05, 0.1) is 18.2 Å². The van der Waals surface area contributed by atoms with E-state index in [1.165, 1.54) is 20.0 Å². The Labute approximate surface area is 160 Å². The quantitative estimate of drug-likeness (QED) is 0.292. The Kier molecular flexibility index (Phi) is 8.11. The highest BCUT2D eigenvalue weighted by molar-refractivity contribution is 6.46. The van der Waals surface area contributed by atoms with Crippen molar-refractivity contribution >= 4 is 23.4 Å². The maximum absolute atomic E-state index is 12.4. The van der Waals surface area contributed by atoms with Crippen LogP contribution in [-0.2, 0) is 14.3 Å². The van der Waals surface area contributed by atoms with Crippen LogP contribution < -0.4 is 0 Å². The molecule has 1 N–H and O–H groups in total. The van der Waals surface area contributed by atoms with Gasteiger partial charge in [0, 0.05) is 17.9 Å². The van der Waals surface area contributed by atoms with E-state index in [1.54, 1.807) is 6.08 Å². The van der Waals surface area contributed by atoms with Gasteiger partial charge in [-0.1, -0.05) is 48.2 Å². The Hall–Kier alpha value is -1.39. The van der Waals surface area contributed by atoms with Crippen LogP contribution in [0.3, 0.4) is 0 Å². The number of unbranched alkanes of at least 4 members (excludes halogenated alkanes) is 1. The van der Waals surface area contributed by atoms with Crippen molar-refractivity contribution in [3.8, 4) is 0 Å². The van der Waals surface area contributed by atoms with Gasteiger partial charge in [0.1, 0.15) is 0 Å². The van der Waals surface area contributed by atoms with Crippen molar-refractivity contribution in [2.45, 2.75) is 64.4 Å². The van der Waals surface area contributed by atoms with E-state index in [0.29, 0.717) is 17.9 Å². The molecule has 1 fully saturated rings. The average molecular weight is 381 g/mol. The van der Waals surface area contributed by atoms with E-state index in [9.17, 15) is 14.7 Å². The summed E-state index contributed by atoms with van der Waals surface area (Å²) in [6.45, 7) is 1.95. The highest BCUT2D eigenvalue weighted by Crippen LogP contribution is 2.35. The zero-order valence-electron chi connectivity index (χ0n) is 15.7. The molecule has 0 aliphatic heterocycles. The van der Waals surface area contributed by atoms with E-state index in [0.717, 1.165) is 37.7 Å². The van der Waals surface area contributed by atoms with Gasteiger partial charge in [0.15, 0.2) is 0 Å². The molecule has 2 unspecified atom stereocenters. The second kappa shape index (κ2) is 10.1. The summed E-state index contributed by atoms with van der Waals surface area (Å²) in [5.41, 5.74) is 1.71. The second-order valence-electron chi connectivity index (χ2n) is 7.27. The first-order valence-corrected chi connectivity index (χ1v) is 9.86. The van der Waals surface area contributed by atoms with Gasteiger partial charge in [0.2, 0.25) is 5.78 Å². The standard InChI is InChI=1S/C21H29ClO4/c1-14(7-3-6-10-19(24)26-2)20-16(13-17(22)21(20)25)11-12-18(23)15-8-4-5-9-15/h11-13,15-16,18,23H,3-10H2,1-2H3. The minimum Gasteiger partial charge on any atom is -0.469 e. The van der Waals surface area contributed by atoms with Crippen molar-refractivity contribution in [1.82, 2.24) is 0 Å². The summed E-state index contributed by atoms with van der Waals surface area (Å²) in [5.74, 6) is -0.179. The zero-order valence-corrected chi connectivity index (χ0v) is 16.4. The Balaban J connectivity index is 1.99. The molecule has 144 valence electrons. The van der Waals surface area contributed by atoms with Crippen LogP contribution in [0, 0.1) is 11.8 Å². The summed E-state index contributed by atoms with van der Waals surface area (Å²) in [6, 6.07) is 0. The van der Waals surface area contributed by atoms with E-state index in [2.05, 4.69) is 4.74 Å². The SMILES string of the molecule is COC(=O)CCCCC(C)=C1C(=O)C(Cl)=CC1C=CC(O)C1CCCC1. The fourth-order valence-electron chi connectivity index (χ4n) is 3.81. The molecule has 0 spiro atoms. The summed E-state index contributed by atoms with van der Waals surface area (Å²) in [4.78, 5) is 23.6. The Morgan fingerprint density at radius 2 is 2.00 bits per heavy atom. The number of halogens is 1. The topological polar surface area (TPSA) is 63.6 Å². The van der Waals surface area contributed by atoms with Crippen LogP contribution in [0.2, 0.25) is 0 Å². The minimum absolute atomic E-state index is 0.123. The summed E-state index contributed by atoms with van der Waals surface area (Å²) in [6.07, 6.45) is 12.2. The highest BCUT2D eigenvalue weighted by Gasteiger charge is 2.29. The van der Waals surface area contributed by atoms with Crippen molar-refractivity contribution in [2.24, 2.45) is 11.8 Å². The third kappa shape index (κ3) is 5.55. The molecule has 0 amide bonds. The molecule has 2 aliphatic rings. The van der Waals surface area contributed by atoms with Gasteiger partial charge in [0.25, 0.3) is 0 Å². The molecule has 0 heterocycles. The highest BCUT2D eigenvalue weighted by atomic mass is 35.5. The molecule has 26 heavy (non-hydrogen) atoms. The average Bonchev–Trinajstić information content (AvgIpc) is 3.25. The zero-order chi connectivity index (χ0) is 19.1. The Bertz CT molecular complexity index is 612. The molecular weight excluding hydrogens is 352 g/mol. The molecule has 2 aliphatic carbocycles. The predicted molar refractivity (Wildman–Crippen MR) is 103 cm³/mol. The first-order valence-electron chi connectivity index (χ1n) is 9.49. The number of carbonyl (C=O) groups is 2. The molecular formula is C21H29ClO4. The molecule has 0 aromatic rings. The van der Waals surface area contributed by atoms with Crippen molar-refractivity contribution in [3.05, 3.63) is 34.4 Å². The molecule has 5 heteroatoms. The lowest BCUT2D eigenvalue weighted by Gasteiger charge is -2.15. The van der Waals surface area contributed by atoms with Crippen LogP contribution in [0.1, 0.15) is 58.3 Å². The number of allylic oxidation sites excluding steroid dienone is 5. The van der Waals surface area contributed by atoms with Gasteiger partial charge in [-0.3, -0.25) is 9.59 Å². The normalized spacial score (nSPS) is 24.2. The van der Waals surface area contributed by atoms with Crippen molar-refractivity contribution < 1.29 is 19.4 Å². The first-order chi connectivity index (χ1) is 12.4. The van der Waals surface area contributed by atoms with Crippen LogP contribution in [-0.4, -0.2) is 30.1 Å². The van der Waals surface area contributed by atoms with Gasteiger partial charge in [-0.2, -0.15) is 0 Å². The van der Waals surface area contributed by atoms with E-state index in [1.807, 2.05) is 19.1 Å². The van der Waals surface area contributed by atoms with Crippen LogP contribution in [0.15, 0.2) is 34.4 Å². The number of Topliss-reactive ketones (excluding diaryl/α,β-unsaturated/α-hetero) is 1. The summed E-state index contributed by atoms with van der Waals surface area (Å²) >= 11 is 6.08. The van der Waals surface area contributed by atoms with E-state index in [-0.39, 0.29) is 22.7 Å². The molecule has 0 saturated heterocycles. The van der Waals surface area contributed by atoms with Gasteiger partial charge in [-0.15, -0.1) is 0 Å². The van der Waals surface area contributed by atoms with E-state index in [4.69, 9.17) is 11.6 Å². The van der Waals surface area contributed by atoms with Crippen LogP contribution in [0.5, 0.6) is 0 Å². The summed E-state index contributed by atoms with van der Waals surface area (Å²) in [5, 5.41) is 10.6. The smallest absolute Gasteiger partial charge is 0.305 e. The lowest BCUT2D eigenvalue weighted by molar-refractivity contribution is -0.140. The van der Waals surface area contributed by atoms with Gasteiger partial charge in [-0.25, -0.2) is 0 Å². The number of ketones is 1. The number of rotatable bonds is 8. The maximum atomic E-state index is 12.4. The molecule has 0 aromatic carbocycles. The number of hydrogen-bond acceptors (Lipinski definition) is 4. The number of hydrogen-bond donors (Lipinski definition) is 1. The summed E-state index contributed by atoms with van der Waals surface area (Å²) in [7, 11) is 1.39. The molecule has 2 atom stereocenters. The third-order valence-corrected chi connectivity index (χ3v) is 5.69. The van der Waals surface area contributed by atoms with Crippen LogP contribution >= 0.6 is 11.6 Å². The number of aliphatic hydroxyl groups excluding tert-OH is 1. The number of aliphatic hydroxyl groups is 1. The number of ether oxygens (including phenoxy) is 1. The Morgan fingerprint density at radius 3 is 2.65 bits per heavy atom.